The molecule has 0 unspecified atom stereocenters. The maximum atomic E-state index is 13.1. The quantitative estimate of drug-likeness (QED) is 0.520. The SMILES string of the molecule is O=C(CBr)Oc1ccc(C(=O)O)c(F)c1. The summed E-state index contributed by atoms with van der Waals surface area (Å²) in [5, 5.41) is 8.51. The number of benzene rings is 1. The molecule has 4 nitrogen and oxygen atoms in total. The highest BCUT2D eigenvalue weighted by molar-refractivity contribution is 9.09. The van der Waals surface area contributed by atoms with Crippen LogP contribution in [0.25, 0.3) is 0 Å². The fourth-order valence-electron chi connectivity index (χ4n) is 0.891. The Morgan fingerprint density at radius 1 is 1.47 bits per heavy atom. The summed E-state index contributed by atoms with van der Waals surface area (Å²) >= 11 is 2.87. The molecule has 1 rings (SSSR count). The highest BCUT2D eigenvalue weighted by atomic mass is 79.9. The number of carboxylic acids is 1. The molecule has 0 saturated heterocycles. The van der Waals surface area contributed by atoms with Gasteiger partial charge in [0.1, 0.15) is 16.9 Å². The molecule has 0 atom stereocenters. The second-order valence-electron chi connectivity index (χ2n) is 2.55. The van der Waals surface area contributed by atoms with Crippen molar-refractivity contribution in [1.29, 1.82) is 0 Å². The van der Waals surface area contributed by atoms with E-state index in [-0.39, 0.29) is 11.1 Å². The third kappa shape index (κ3) is 3.02. The van der Waals surface area contributed by atoms with Crippen LogP contribution >= 0.6 is 15.9 Å². The molecule has 0 aromatic heterocycles. The number of carbonyl (C=O) groups is 2. The van der Waals surface area contributed by atoms with Crippen LogP contribution in [0.15, 0.2) is 18.2 Å². The Bertz CT molecular complexity index is 405. The zero-order chi connectivity index (χ0) is 11.4. The van der Waals surface area contributed by atoms with Crippen molar-refractivity contribution < 1.29 is 23.8 Å². The number of hydrogen-bond acceptors (Lipinski definition) is 3. The van der Waals surface area contributed by atoms with Gasteiger partial charge in [-0.25, -0.2) is 9.18 Å². The van der Waals surface area contributed by atoms with Crippen molar-refractivity contribution >= 4 is 27.9 Å². The Hall–Kier alpha value is -1.43. The molecule has 1 aromatic rings. The van der Waals surface area contributed by atoms with Gasteiger partial charge in [0.2, 0.25) is 0 Å². The summed E-state index contributed by atoms with van der Waals surface area (Å²) in [4.78, 5) is 21.3. The van der Waals surface area contributed by atoms with Gasteiger partial charge in [0.05, 0.1) is 5.56 Å². The molecule has 6 heteroatoms. The molecule has 0 heterocycles. The highest BCUT2D eigenvalue weighted by Gasteiger charge is 2.12. The molecule has 0 radical (unpaired) electrons. The number of rotatable bonds is 3. The van der Waals surface area contributed by atoms with Gasteiger partial charge in [0, 0.05) is 6.07 Å². The molecule has 1 N–H and O–H groups in total. The lowest BCUT2D eigenvalue weighted by molar-refractivity contribution is -0.131. The number of hydrogen-bond donors (Lipinski definition) is 1. The van der Waals surface area contributed by atoms with E-state index >= 15 is 0 Å². The summed E-state index contributed by atoms with van der Waals surface area (Å²) in [5.41, 5.74) is -0.464. The molecule has 0 saturated carbocycles. The van der Waals surface area contributed by atoms with Crippen molar-refractivity contribution in [3.63, 3.8) is 0 Å². The van der Waals surface area contributed by atoms with Gasteiger partial charge in [-0.2, -0.15) is 0 Å². The Labute approximate surface area is 92.8 Å². The van der Waals surface area contributed by atoms with Crippen molar-refractivity contribution in [2.45, 2.75) is 0 Å². The summed E-state index contributed by atoms with van der Waals surface area (Å²) in [6.07, 6.45) is 0. The summed E-state index contributed by atoms with van der Waals surface area (Å²) in [6.45, 7) is 0. The van der Waals surface area contributed by atoms with Gasteiger partial charge in [0.15, 0.2) is 0 Å². The van der Waals surface area contributed by atoms with Crippen LogP contribution in [0.2, 0.25) is 0 Å². The minimum absolute atomic E-state index is 0.0186. The normalized spacial score (nSPS) is 9.73. The van der Waals surface area contributed by atoms with E-state index in [1.54, 1.807) is 0 Å². The summed E-state index contributed by atoms with van der Waals surface area (Å²) < 4.78 is 17.7. The smallest absolute Gasteiger partial charge is 0.338 e. The number of esters is 1. The van der Waals surface area contributed by atoms with Gasteiger partial charge in [-0.15, -0.1) is 0 Å². The van der Waals surface area contributed by atoms with Crippen molar-refractivity contribution in [1.82, 2.24) is 0 Å². The van der Waals surface area contributed by atoms with Gasteiger partial charge < -0.3 is 9.84 Å². The predicted octanol–water partition coefficient (Wildman–Crippen LogP) is 1.82. The first-order valence-electron chi connectivity index (χ1n) is 3.84. The summed E-state index contributed by atoms with van der Waals surface area (Å²) in [7, 11) is 0. The van der Waals surface area contributed by atoms with E-state index in [9.17, 15) is 14.0 Å². The van der Waals surface area contributed by atoms with Gasteiger partial charge >= 0.3 is 11.9 Å². The topological polar surface area (TPSA) is 63.6 Å². The second-order valence-corrected chi connectivity index (χ2v) is 3.12. The molecule has 1 aromatic carbocycles. The van der Waals surface area contributed by atoms with Gasteiger partial charge in [-0.1, -0.05) is 15.9 Å². The average Bonchev–Trinajstić information content (AvgIpc) is 2.17. The highest BCUT2D eigenvalue weighted by Crippen LogP contribution is 2.17. The van der Waals surface area contributed by atoms with Crippen LogP contribution in [-0.4, -0.2) is 22.4 Å². The minimum Gasteiger partial charge on any atom is -0.478 e. The zero-order valence-electron chi connectivity index (χ0n) is 7.37. The van der Waals surface area contributed by atoms with Crippen molar-refractivity contribution in [2.24, 2.45) is 0 Å². The molecule has 0 aliphatic heterocycles. The molecule has 80 valence electrons. The Balaban J connectivity index is 2.91. The van der Waals surface area contributed by atoms with Crippen LogP contribution < -0.4 is 4.74 Å². The maximum absolute atomic E-state index is 13.1. The Kier molecular flexibility index (Phi) is 3.79. The van der Waals surface area contributed by atoms with E-state index in [4.69, 9.17) is 5.11 Å². The van der Waals surface area contributed by atoms with Gasteiger partial charge in [-0.05, 0) is 12.1 Å². The lowest BCUT2D eigenvalue weighted by atomic mass is 10.2. The number of ether oxygens (including phenoxy) is 1. The summed E-state index contributed by atoms with van der Waals surface area (Å²) in [5.74, 6) is -2.92. The lowest BCUT2D eigenvalue weighted by Gasteiger charge is -2.03. The Morgan fingerprint density at radius 2 is 2.13 bits per heavy atom. The standard InChI is InChI=1S/C9H6BrFO4/c10-4-8(12)15-5-1-2-6(9(13)14)7(11)3-5/h1-3H,4H2,(H,13,14). The predicted molar refractivity (Wildman–Crippen MR) is 52.8 cm³/mol. The number of alkyl halides is 1. The van der Waals surface area contributed by atoms with E-state index in [2.05, 4.69) is 20.7 Å². The molecular weight excluding hydrogens is 271 g/mol. The fourth-order valence-corrected chi connectivity index (χ4v) is 1.01. The average molecular weight is 277 g/mol. The monoisotopic (exact) mass is 276 g/mol. The lowest BCUT2D eigenvalue weighted by Crippen LogP contribution is -2.09. The molecule has 0 bridgehead atoms. The number of carbonyl (C=O) groups excluding carboxylic acids is 1. The molecular formula is C9H6BrFO4. The third-order valence-electron chi connectivity index (χ3n) is 1.51. The minimum atomic E-state index is -1.37. The van der Waals surface area contributed by atoms with E-state index in [0.717, 1.165) is 12.1 Å². The number of aromatic carboxylic acids is 1. The molecule has 0 amide bonds. The van der Waals surface area contributed by atoms with Crippen LogP contribution in [0.3, 0.4) is 0 Å². The summed E-state index contributed by atoms with van der Waals surface area (Å²) in [6, 6.07) is 3.10. The van der Waals surface area contributed by atoms with Gasteiger partial charge in [0.25, 0.3) is 0 Å². The van der Waals surface area contributed by atoms with Crippen molar-refractivity contribution in [3.8, 4) is 5.75 Å². The first-order chi connectivity index (χ1) is 7.04. The number of carboxylic acid groups (broad SMARTS) is 1. The zero-order valence-corrected chi connectivity index (χ0v) is 8.95. The van der Waals surface area contributed by atoms with Crippen molar-refractivity contribution in [3.05, 3.63) is 29.6 Å². The largest absolute Gasteiger partial charge is 0.478 e. The maximum Gasteiger partial charge on any atom is 0.338 e. The van der Waals surface area contributed by atoms with Crippen LogP contribution in [0, 0.1) is 5.82 Å². The Morgan fingerprint density at radius 3 is 2.60 bits per heavy atom. The third-order valence-corrected chi connectivity index (χ3v) is 1.97. The molecule has 0 spiro atoms. The van der Waals surface area contributed by atoms with E-state index in [1.165, 1.54) is 6.07 Å². The van der Waals surface area contributed by atoms with Crippen LogP contribution in [0.5, 0.6) is 5.75 Å². The fraction of sp³-hybridized carbons (Fsp3) is 0.111. The van der Waals surface area contributed by atoms with E-state index < -0.39 is 23.3 Å². The van der Waals surface area contributed by atoms with E-state index in [0.29, 0.717) is 0 Å². The van der Waals surface area contributed by atoms with E-state index in [1.807, 2.05) is 0 Å². The van der Waals surface area contributed by atoms with Crippen LogP contribution in [0.1, 0.15) is 10.4 Å². The second kappa shape index (κ2) is 4.88. The van der Waals surface area contributed by atoms with Gasteiger partial charge in [-0.3, -0.25) is 4.79 Å². The first kappa shape index (κ1) is 11.6. The van der Waals surface area contributed by atoms with Crippen LogP contribution in [0.4, 0.5) is 4.39 Å². The molecule has 0 aliphatic rings. The van der Waals surface area contributed by atoms with Crippen molar-refractivity contribution in [2.75, 3.05) is 5.33 Å². The number of halogens is 2. The molecule has 0 aliphatic carbocycles. The first-order valence-corrected chi connectivity index (χ1v) is 4.96. The van der Waals surface area contributed by atoms with Crippen LogP contribution in [-0.2, 0) is 4.79 Å². The molecule has 15 heavy (non-hydrogen) atoms. The molecule has 0 fully saturated rings.